The minimum Gasteiger partial charge on any atom is -0.365 e. The Hall–Kier alpha value is -1.83. The predicted octanol–water partition coefficient (Wildman–Crippen LogP) is 1.41. The third-order valence-electron chi connectivity index (χ3n) is 3.80. The van der Waals surface area contributed by atoms with E-state index in [4.69, 9.17) is 0 Å². The fourth-order valence-corrected chi connectivity index (χ4v) is 2.43. The minimum absolute atomic E-state index is 0.0296. The molecule has 1 aliphatic heterocycles. The number of ether oxygens (including phenoxy) is 1. The van der Waals surface area contributed by atoms with Crippen molar-refractivity contribution < 1.29 is 22.7 Å². The molecule has 1 saturated heterocycles. The normalized spacial score (nSPS) is 19.4. The van der Waals surface area contributed by atoms with Crippen LogP contribution in [0.15, 0.2) is 10.9 Å². The van der Waals surface area contributed by atoms with Crippen LogP contribution < -0.4 is 5.56 Å². The molecule has 0 spiro atoms. The van der Waals surface area contributed by atoms with E-state index < -0.39 is 30.3 Å². The Morgan fingerprint density at radius 2 is 2.00 bits per heavy atom. The summed E-state index contributed by atoms with van der Waals surface area (Å²) < 4.78 is 44.1. The SMILES string of the molecule is Cc1cc(C)n(C)c(=O)c1C(=O)N1CCO[C@H](C(F)(F)F)C1. The first-order valence-electron chi connectivity index (χ1n) is 6.77. The van der Waals surface area contributed by atoms with Gasteiger partial charge in [-0.1, -0.05) is 0 Å². The Morgan fingerprint density at radius 1 is 1.36 bits per heavy atom. The molecule has 1 aliphatic rings. The van der Waals surface area contributed by atoms with E-state index in [1.165, 1.54) is 11.6 Å². The molecule has 1 atom stereocenters. The van der Waals surface area contributed by atoms with Gasteiger partial charge in [0.05, 0.1) is 13.2 Å². The summed E-state index contributed by atoms with van der Waals surface area (Å²) in [4.78, 5) is 25.7. The molecule has 122 valence electrons. The molecule has 5 nitrogen and oxygen atoms in total. The van der Waals surface area contributed by atoms with E-state index in [9.17, 15) is 22.8 Å². The van der Waals surface area contributed by atoms with Crippen LogP contribution in [0.3, 0.4) is 0 Å². The Labute approximate surface area is 125 Å². The topological polar surface area (TPSA) is 51.5 Å². The van der Waals surface area contributed by atoms with Crippen molar-refractivity contribution >= 4 is 5.91 Å². The number of aromatic nitrogens is 1. The molecule has 2 rings (SSSR count). The van der Waals surface area contributed by atoms with Crippen molar-refractivity contribution in [1.29, 1.82) is 0 Å². The third kappa shape index (κ3) is 3.01. The number of pyridine rings is 1. The summed E-state index contributed by atoms with van der Waals surface area (Å²) in [7, 11) is 1.52. The van der Waals surface area contributed by atoms with Crippen LogP contribution in [0.2, 0.25) is 0 Å². The van der Waals surface area contributed by atoms with Gasteiger partial charge in [-0.25, -0.2) is 0 Å². The molecule has 0 bridgehead atoms. The van der Waals surface area contributed by atoms with E-state index in [-0.39, 0.29) is 18.7 Å². The van der Waals surface area contributed by atoms with Crippen LogP contribution >= 0.6 is 0 Å². The maximum absolute atomic E-state index is 12.7. The molecule has 2 heterocycles. The Morgan fingerprint density at radius 3 is 2.59 bits per heavy atom. The van der Waals surface area contributed by atoms with Gasteiger partial charge in [0, 0.05) is 19.3 Å². The lowest BCUT2D eigenvalue weighted by molar-refractivity contribution is -0.233. The van der Waals surface area contributed by atoms with Gasteiger partial charge in [-0.15, -0.1) is 0 Å². The first-order valence-corrected chi connectivity index (χ1v) is 6.77. The molecular weight excluding hydrogens is 301 g/mol. The number of carbonyl (C=O) groups excluding carboxylic acids is 1. The summed E-state index contributed by atoms with van der Waals surface area (Å²) >= 11 is 0. The lowest BCUT2D eigenvalue weighted by Crippen LogP contribution is -2.52. The number of alkyl halides is 3. The van der Waals surface area contributed by atoms with Crippen LogP contribution in [-0.4, -0.2) is 47.4 Å². The number of rotatable bonds is 1. The van der Waals surface area contributed by atoms with Gasteiger partial charge >= 0.3 is 6.18 Å². The van der Waals surface area contributed by atoms with Crippen molar-refractivity contribution in [2.45, 2.75) is 26.1 Å². The summed E-state index contributed by atoms with van der Waals surface area (Å²) in [6, 6.07) is 1.66. The molecule has 1 amide bonds. The van der Waals surface area contributed by atoms with Crippen molar-refractivity contribution in [3.05, 3.63) is 33.2 Å². The van der Waals surface area contributed by atoms with Crippen LogP contribution in [0.4, 0.5) is 13.2 Å². The molecule has 0 aliphatic carbocycles. The third-order valence-corrected chi connectivity index (χ3v) is 3.80. The molecule has 1 fully saturated rings. The van der Waals surface area contributed by atoms with Gasteiger partial charge < -0.3 is 14.2 Å². The monoisotopic (exact) mass is 318 g/mol. The number of aryl methyl sites for hydroxylation is 2. The molecule has 8 heteroatoms. The molecule has 0 unspecified atom stereocenters. The van der Waals surface area contributed by atoms with E-state index >= 15 is 0 Å². The zero-order valence-electron chi connectivity index (χ0n) is 12.5. The highest BCUT2D eigenvalue weighted by atomic mass is 19.4. The zero-order valence-corrected chi connectivity index (χ0v) is 12.5. The molecule has 0 radical (unpaired) electrons. The van der Waals surface area contributed by atoms with Crippen LogP contribution in [0.1, 0.15) is 21.6 Å². The highest BCUT2D eigenvalue weighted by molar-refractivity contribution is 5.95. The van der Waals surface area contributed by atoms with Gasteiger partial charge in [-0.3, -0.25) is 9.59 Å². The summed E-state index contributed by atoms with van der Waals surface area (Å²) in [5.41, 5.74) is 0.545. The summed E-state index contributed by atoms with van der Waals surface area (Å²) in [5.74, 6) is -0.685. The number of hydrogen-bond donors (Lipinski definition) is 0. The number of carbonyl (C=O) groups is 1. The van der Waals surface area contributed by atoms with Gasteiger partial charge in [0.2, 0.25) is 0 Å². The van der Waals surface area contributed by atoms with Crippen molar-refractivity contribution in [1.82, 2.24) is 9.47 Å². The molecule has 0 aromatic carbocycles. The molecule has 1 aromatic rings. The number of amides is 1. The first-order chi connectivity index (χ1) is 10.1. The second kappa shape index (κ2) is 5.75. The fourth-order valence-electron chi connectivity index (χ4n) is 2.43. The lowest BCUT2D eigenvalue weighted by Gasteiger charge is -2.34. The van der Waals surface area contributed by atoms with Crippen molar-refractivity contribution in [2.24, 2.45) is 7.05 Å². The second-order valence-corrected chi connectivity index (χ2v) is 5.36. The van der Waals surface area contributed by atoms with Crippen LogP contribution in [0.25, 0.3) is 0 Å². The van der Waals surface area contributed by atoms with Gasteiger partial charge in [0.15, 0.2) is 6.10 Å². The van der Waals surface area contributed by atoms with Crippen molar-refractivity contribution in [3.63, 3.8) is 0 Å². The molecule has 0 saturated carbocycles. The minimum atomic E-state index is -4.54. The molecule has 1 aromatic heterocycles. The van der Waals surface area contributed by atoms with Crippen LogP contribution in [0.5, 0.6) is 0 Å². The van der Waals surface area contributed by atoms with Crippen LogP contribution in [-0.2, 0) is 11.8 Å². The molecular formula is C14H17F3N2O3. The van der Waals surface area contributed by atoms with E-state index in [0.717, 1.165) is 4.90 Å². The summed E-state index contributed by atoms with van der Waals surface area (Å²) in [6.45, 7) is 2.54. The van der Waals surface area contributed by atoms with Crippen molar-refractivity contribution in [2.75, 3.05) is 19.7 Å². The fraction of sp³-hybridized carbons (Fsp3) is 0.571. The average Bonchev–Trinajstić information content (AvgIpc) is 2.44. The van der Waals surface area contributed by atoms with E-state index in [1.54, 1.807) is 19.9 Å². The van der Waals surface area contributed by atoms with Gasteiger partial charge in [0.25, 0.3) is 11.5 Å². The number of morpholine rings is 1. The second-order valence-electron chi connectivity index (χ2n) is 5.36. The van der Waals surface area contributed by atoms with Crippen LogP contribution in [0, 0.1) is 13.8 Å². The smallest absolute Gasteiger partial charge is 0.365 e. The molecule has 0 N–H and O–H groups in total. The Kier molecular flexibility index (Phi) is 4.32. The van der Waals surface area contributed by atoms with Gasteiger partial charge in [-0.05, 0) is 25.5 Å². The average molecular weight is 318 g/mol. The Bertz CT molecular complexity index is 652. The lowest BCUT2D eigenvalue weighted by atomic mass is 10.1. The number of nitrogens with zero attached hydrogens (tertiary/aromatic N) is 2. The largest absolute Gasteiger partial charge is 0.416 e. The highest BCUT2D eigenvalue weighted by Crippen LogP contribution is 2.26. The summed E-state index contributed by atoms with van der Waals surface area (Å²) in [6.07, 6.45) is -6.55. The quantitative estimate of drug-likeness (QED) is 0.787. The van der Waals surface area contributed by atoms with E-state index in [0.29, 0.717) is 11.3 Å². The van der Waals surface area contributed by atoms with Crippen molar-refractivity contribution in [3.8, 4) is 0 Å². The maximum atomic E-state index is 12.7. The van der Waals surface area contributed by atoms with Gasteiger partial charge in [0.1, 0.15) is 5.56 Å². The predicted molar refractivity (Wildman–Crippen MR) is 72.9 cm³/mol. The summed E-state index contributed by atoms with van der Waals surface area (Å²) in [5, 5.41) is 0. The van der Waals surface area contributed by atoms with E-state index in [1.807, 2.05) is 0 Å². The van der Waals surface area contributed by atoms with Gasteiger partial charge in [-0.2, -0.15) is 13.2 Å². The highest BCUT2D eigenvalue weighted by Gasteiger charge is 2.44. The standard InChI is InChI=1S/C14H17F3N2O3/c1-8-6-9(2)18(3)12(20)11(8)13(21)19-4-5-22-10(7-19)14(15,16)17/h6,10H,4-5,7H2,1-3H3/t10-/m0/s1. The zero-order chi connectivity index (χ0) is 16.7. The first kappa shape index (κ1) is 16.5. The Balaban J connectivity index is 2.33. The maximum Gasteiger partial charge on any atom is 0.416 e. The van der Waals surface area contributed by atoms with E-state index in [2.05, 4.69) is 4.74 Å². The molecule has 22 heavy (non-hydrogen) atoms. The number of hydrogen-bond acceptors (Lipinski definition) is 3. The number of halogens is 3.